The number of thiazole rings is 1. The fraction of sp³-hybridized carbons (Fsp3) is 0. The summed E-state index contributed by atoms with van der Waals surface area (Å²) in [5.41, 5.74) is 3.06. The number of thiocarbonyl (C=S) groups is 1. The van der Waals surface area contributed by atoms with E-state index in [1.54, 1.807) is 24.3 Å². The summed E-state index contributed by atoms with van der Waals surface area (Å²) in [6, 6.07) is 24.6. The number of carbonyl (C=O) groups is 1. The lowest BCUT2D eigenvalue weighted by Crippen LogP contribution is -2.32. The molecular formula is C27H17Cl2N3O2S2. The number of para-hydroxylation sites is 1. The molecule has 178 valence electrons. The Morgan fingerprint density at radius 2 is 1.75 bits per heavy atom. The van der Waals surface area contributed by atoms with Crippen LogP contribution in [0.25, 0.3) is 38.2 Å². The summed E-state index contributed by atoms with van der Waals surface area (Å²) >= 11 is 19.7. The highest BCUT2D eigenvalue weighted by Crippen LogP contribution is 2.38. The molecule has 0 bridgehead atoms. The van der Waals surface area contributed by atoms with Gasteiger partial charge in [0, 0.05) is 17.2 Å². The Hall–Kier alpha value is -3.49. The third-order valence-electron chi connectivity index (χ3n) is 5.15. The molecule has 36 heavy (non-hydrogen) atoms. The van der Waals surface area contributed by atoms with Crippen molar-refractivity contribution in [1.82, 2.24) is 10.3 Å². The Balaban J connectivity index is 1.26. The maximum atomic E-state index is 12.4. The molecule has 1 amide bonds. The fourth-order valence-electron chi connectivity index (χ4n) is 3.46. The van der Waals surface area contributed by atoms with Crippen LogP contribution in [0, 0.1) is 0 Å². The molecule has 2 N–H and O–H groups in total. The SMILES string of the molecule is O=C(/C=C/c1ccc(-c2ccccc2)o1)NC(=S)Nc1cc(-c2nc3ccccc3s2)c(Cl)cc1Cl. The van der Waals surface area contributed by atoms with Crippen LogP contribution < -0.4 is 10.6 Å². The first-order valence-corrected chi connectivity index (χ1v) is 12.7. The van der Waals surface area contributed by atoms with Crippen LogP contribution in [0.5, 0.6) is 0 Å². The van der Waals surface area contributed by atoms with E-state index in [4.69, 9.17) is 39.8 Å². The van der Waals surface area contributed by atoms with E-state index in [1.165, 1.54) is 17.4 Å². The Kier molecular flexibility index (Phi) is 7.16. The number of anilines is 1. The minimum atomic E-state index is -0.415. The van der Waals surface area contributed by atoms with Crippen LogP contribution in [-0.4, -0.2) is 16.0 Å². The zero-order valence-corrected chi connectivity index (χ0v) is 21.6. The number of hydrogen-bond donors (Lipinski definition) is 2. The van der Waals surface area contributed by atoms with Crippen LogP contribution in [0.2, 0.25) is 10.0 Å². The predicted octanol–water partition coefficient (Wildman–Crippen LogP) is 8.06. The first-order chi connectivity index (χ1) is 17.5. The maximum absolute atomic E-state index is 12.4. The van der Waals surface area contributed by atoms with Crippen molar-refractivity contribution in [1.29, 1.82) is 0 Å². The van der Waals surface area contributed by atoms with E-state index in [0.717, 1.165) is 20.8 Å². The summed E-state index contributed by atoms with van der Waals surface area (Å²) in [6.07, 6.45) is 2.92. The topological polar surface area (TPSA) is 67.2 Å². The Morgan fingerprint density at radius 3 is 2.56 bits per heavy atom. The second-order valence-electron chi connectivity index (χ2n) is 7.64. The minimum Gasteiger partial charge on any atom is -0.457 e. The standard InChI is InChI=1S/C27H17Cl2N3O2S2/c28-19-15-20(29)22(14-18(19)26-30-21-8-4-5-9-24(21)36-26)31-27(35)32-25(33)13-11-17-10-12-23(34-17)16-6-2-1-3-7-16/h1-15H,(H2,31,32,33,35)/b13-11+. The van der Waals surface area contributed by atoms with Crippen molar-refractivity contribution in [2.75, 3.05) is 5.32 Å². The molecule has 0 radical (unpaired) electrons. The van der Waals surface area contributed by atoms with Crippen molar-refractivity contribution in [3.63, 3.8) is 0 Å². The number of fused-ring (bicyclic) bond motifs is 1. The minimum absolute atomic E-state index is 0.0912. The third-order valence-corrected chi connectivity index (χ3v) is 7.05. The van der Waals surface area contributed by atoms with Crippen LogP contribution in [0.15, 0.2) is 89.4 Å². The summed E-state index contributed by atoms with van der Waals surface area (Å²) in [5.74, 6) is 0.847. The first-order valence-electron chi connectivity index (χ1n) is 10.8. The van der Waals surface area contributed by atoms with E-state index in [9.17, 15) is 4.79 Å². The summed E-state index contributed by atoms with van der Waals surface area (Å²) in [5, 5.41) is 7.25. The van der Waals surface area contributed by atoms with Crippen molar-refractivity contribution in [2.24, 2.45) is 0 Å². The monoisotopic (exact) mass is 549 g/mol. The van der Waals surface area contributed by atoms with Gasteiger partial charge in [0.2, 0.25) is 5.91 Å². The van der Waals surface area contributed by atoms with E-state index >= 15 is 0 Å². The van der Waals surface area contributed by atoms with Crippen molar-refractivity contribution >= 4 is 79.8 Å². The number of benzene rings is 3. The second-order valence-corrected chi connectivity index (χ2v) is 9.90. The molecule has 2 aromatic heterocycles. The van der Waals surface area contributed by atoms with Crippen LogP contribution in [0.4, 0.5) is 5.69 Å². The van der Waals surface area contributed by atoms with Gasteiger partial charge in [-0.2, -0.15) is 0 Å². The largest absolute Gasteiger partial charge is 0.457 e. The van der Waals surface area contributed by atoms with E-state index < -0.39 is 5.91 Å². The number of aromatic nitrogens is 1. The van der Waals surface area contributed by atoms with E-state index in [1.807, 2.05) is 60.7 Å². The average Bonchev–Trinajstić information content (AvgIpc) is 3.52. The van der Waals surface area contributed by atoms with Gasteiger partial charge in [0.15, 0.2) is 5.11 Å². The molecule has 0 saturated heterocycles. The molecule has 0 unspecified atom stereocenters. The number of nitrogens with zero attached hydrogens (tertiary/aromatic N) is 1. The van der Waals surface area contributed by atoms with Crippen LogP contribution >= 0.6 is 46.8 Å². The number of halogens is 2. The van der Waals surface area contributed by atoms with Crippen molar-refractivity contribution in [3.05, 3.63) is 101 Å². The van der Waals surface area contributed by atoms with E-state index in [2.05, 4.69) is 15.6 Å². The number of furan rings is 1. The summed E-state index contributed by atoms with van der Waals surface area (Å²) in [7, 11) is 0. The molecule has 9 heteroatoms. The van der Waals surface area contributed by atoms with Gasteiger partial charge < -0.3 is 9.73 Å². The van der Waals surface area contributed by atoms with Gasteiger partial charge in [-0.3, -0.25) is 10.1 Å². The highest BCUT2D eigenvalue weighted by Gasteiger charge is 2.14. The molecule has 0 spiro atoms. The quantitative estimate of drug-likeness (QED) is 0.171. The van der Waals surface area contributed by atoms with Crippen molar-refractivity contribution in [3.8, 4) is 21.9 Å². The predicted molar refractivity (Wildman–Crippen MR) is 153 cm³/mol. The molecule has 0 fully saturated rings. The third kappa shape index (κ3) is 5.50. The van der Waals surface area contributed by atoms with Gasteiger partial charge in [0.1, 0.15) is 16.5 Å². The molecule has 5 rings (SSSR count). The number of hydrogen-bond acceptors (Lipinski definition) is 5. The number of carbonyl (C=O) groups excluding carboxylic acids is 1. The highest BCUT2D eigenvalue weighted by atomic mass is 35.5. The molecule has 0 aliphatic carbocycles. The van der Waals surface area contributed by atoms with Gasteiger partial charge in [-0.05, 0) is 54.7 Å². The number of amides is 1. The Bertz CT molecular complexity index is 1580. The molecule has 0 atom stereocenters. The molecule has 0 aliphatic rings. The second kappa shape index (κ2) is 10.6. The van der Waals surface area contributed by atoms with Crippen molar-refractivity contribution in [2.45, 2.75) is 0 Å². The van der Waals surface area contributed by atoms with E-state index in [0.29, 0.717) is 32.8 Å². The van der Waals surface area contributed by atoms with Gasteiger partial charge in [-0.15, -0.1) is 11.3 Å². The number of nitrogens with one attached hydrogen (secondary N) is 2. The first kappa shape index (κ1) is 24.2. The summed E-state index contributed by atoms with van der Waals surface area (Å²) in [6.45, 7) is 0. The summed E-state index contributed by atoms with van der Waals surface area (Å²) < 4.78 is 6.83. The van der Waals surface area contributed by atoms with Gasteiger partial charge in [-0.1, -0.05) is 65.7 Å². The molecule has 0 saturated carbocycles. The molecule has 5 aromatic rings. The zero-order chi connectivity index (χ0) is 25.1. The highest BCUT2D eigenvalue weighted by molar-refractivity contribution is 7.80. The van der Waals surface area contributed by atoms with Crippen LogP contribution in [0.3, 0.4) is 0 Å². The van der Waals surface area contributed by atoms with Crippen molar-refractivity contribution < 1.29 is 9.21 Å². The van der Waals surface area contributed by atoms with Gasteiger partial charge in [0.25, 0.3) is 0 Å². The van der Waals surface area contributed by atoms with Crippen LogP contribution in [-0.2, 0) is 4.79 Å². The van der Waals surface area contributed by atoms with Gasteiger partial charge in [0.05, 0.1) is 25.9 Å². The van der Waals surface area contributed by atoms with E-state index in [-0.39, 0.29) is 5.11 Å². The lowest BCUT2D eigenvalue weighted by Gasteiger charge is -2.12. The van der Waals surface area contributed by atoms with Gasteiger partial charge >= 0.3 is 0 Å². The average molecular weight is 550 g/mol. The lowest BCUT2D eigenvalue weighted by molar-refractivity contribution is -0.115. The molecule has 3 aromatic carbocycles. The van der Waals surface area contributed by atoms with Gasteiger partial charge in [-0.25, -0.2) is 4.98 Å². The number of rotatable bonds is 5. The Morgan fingerprint density at radius 1 is 0.972 bits per heavy atom. The fourth-order valence-corrected chi connectivity index (χ4v) is 5.24. The summed E-state index contributed by atoms with van der Waals surface area (Å²) in [4.78, 5) is 17.1. The molecular weight excluding hydrogens is 533 g/mol. The maximum Gasteiger partial charge on any atom is 0.250 e. The normalized spacial score (nSPS) is 11.2. The Labute approximate surface area is 226 Å². The lowest BCUT2D eigenvalue weighted by atomic mass is 10.2. The molecule has 0 aliphatic heterocycles. The smallest absolute Gasteiger partial charge is 0.250 e. The molecule has 2 heterocycles. The van der Waals surface area contributed by atoms with Crippen LogP contribution in [0.1, 0.15) is 5.76 Å². The zero-order valence-electron chi connectivity index (χ0n) is 18.5. The molecule has 5 nitrogen and oxygen atoms in total.